The molecule has 534 valence electrons. The average Bonchev–Trinajstić information content (AvgIpc) is 3.58. The highest BCUT2D eigenvalue weighted by molar-refractivity contribution is 7.45. The molecule has 2 N–H and O–H groups in total. The van der Waals surface area contributed by atoms with Gasteiger partial charge in [0.05, 0.1) is 39.9 Å². The summed E-state index contributed by atoms with van der Waals surface area (Å²) in [7, 11) is 1.26. The molecule has 1 amide bonds. The molecule has 9 heteroatoms. The molecule has 0 heterocycles. The topological polar surface area (TPSA) is 108 Å². The van der Waals surface area contributed by atoms with E-state index in [2.05, 4.69) is 79.9 Å². The van der Waals surface area contributed by atoms with Crippen LogP contribution >= 0.6 is 7.82 Å². The molecule has 3 atom stereocenters. The molecule has 0 spiro atoms. The highest BCUT2D eigenvalue weighted by Crippen LogP contribution is 2.38. The number of unbranched alkanes of at least 4 members (excludes halogenated alkanes) is 51. The van der Waals surface area contributed by atoms with E-state index in [0.29, 0.717) is 17.4 Å². The van der Waals surface area contributed by atoms with Crippen LogP contribution < -0.4 is 10.2 Å². The van der Waals surface area contributed by atoms with Gasteiger partial charge in [0.15, 0.2) is 0 Å². The van der Waals surface area contributed by atoms with Gasteiger partial charge >= 0.3 is 0 Å². The van der Waals surface area contributed by atoms with Crippen molar-refractivity contribution in [3.05, 3.63) is 72.9 Å². The van der Waals surface area contributed by atoms with Gasteiger partial charge in [0, 0.05) is 6.42 Å². The molecule has 0 aromatic rings. The minimum absolute atomic E-state index is 0.00555. The van der Waals surface area contributed by atoms with Crippen LogP contribution in [0.2, 0.25) is 0 Å². The van der Waals surface area contributed by atoms with Crippen molar-refractivity contribution < 1.29 is 32.9 Å². The Kier molecular flexibility index (Phi) is 70.6. The Labute approximate surface area is 567 Å². The predicted molar refractivity (Wildman–Crippen MR) is 399 cm³/mol. The second-order valence-corrected chi connectivity index (χ2v) is 29.8. The lowest BCUT2D eigenvalue weighted by Gasteiger charge is -2.29. The Bertz CT molecular complexity index is 1720. The SMILES string of the molecule is CC/C=C\C/C=C\C/C=C\C/C=C\CCCCCCCCCCCCCCCCCCCCCCCCCCCCC(=O)NC(COP(=O)([O-])OCC[N+](C)(C)C)C(O)/C=C/CC/C=C/CCCCCCCCCCCCCCCCCCCCCCCCCC. The van der Waals surface area contributed by atoms with Crippen LogP contribution in [-0.4, -0.2) is 68.5 Å². The van der Waals surface area contributed by atoms with Gasteiger partial charge < -0.3 is 28.8 Å². The standard InChI is InChI=1S/C82H155N2O6P/c1-6-8-10-12-14-16-18-20-22-24-26-28-30-32-34-36-38-39-40-41-42-43-44-45-46-48-50-52-54-56-58-60-62-64-66-68-70-72-74-76-82(86)83-80(79-90-91(87,88)89-78-77-84(3,4)5)81(85)75-73-71-69-67-65-63-61-59-57-55-53-51-49-47-37-35-33-31-29-27-25-23-21-19-17-15-13-11-9-7-2/h8,10,14,16,20,22,26,28,65,67,73,75,80-81,85H,6-7,9,11-13,15,17-19,21,23-25,27,29-64,66,68-72,74,76-79H2,1-5H3,(H-,83,86,87,88)/b10-8-,16-14-,22-20-,28-26-,67-65+,75-73+. The van der Waals surface area contributed by atoms with E-state index in [9.17, 15) is 19.4 Å². The summed E-state index contributed by atoms with van der Waals surface area (Å²) < 4.78 is 23.5. The Hall–Kier alpha value is -2.06. The van der Waals surface area contributed by atoms with Crippen molar-refractivity contribution in [2.24, 2.45) is 0 Å². The van der Waals surface area contributed by atoms with Gasteiger partial charge in [-0.25, -0.2) is 0 Å². The van der Waals surface area contributed by atoms with Crippen molar-refractivity contribution in [3.8, 4) is 0 Å². The van der Waals surface area contributed by atoms with Crippen LogP contribution in [0.3, 0.4) is 0 Å². The molecule has 0 fully saturated rings. The van der Waals surface area contributed by atoms with Gasteiger partial charge in [0.25, 0.3) is 7.82 Å². The molecule has 0 saturated carbocycles. The molecule has 0 saturated heterocycles. The highest BCUT2D eigenvalue weighted by Gasteiger charge is 2.23. The summed E-state index contributed by atoms with van der Waals surface area (Å²) >= 11 is 0. The lowest BCUT2D eigenvalue weighted by Crippen LogP contribution is -2.45. The first kappa shape index (κ1) is 88.9. The van der Waals surface area contributed by atoms with Crippen molar-refractivity contribution in [3.63, 3.8) is 0 Å². The van der Waals surface area contributed by atoms with Gasteiger partial charge in [-0.1, -0.05) is 389 Å². The van der Waals surface area contributed by atoms with E-state index in [4.69, 9.17) is 9.05 Å². The molecule has 0 radical (unpaired) electrons. The van der Waals surface area contributed by atoms with Gasteiger partial charge in [-0.2, -0.15) is 0 Å². The van der Waals surface area contributed by atoms with Gasteiger partial charge in [-0.05, 0) is 70.6 Å². The number of phosphoric acid groups is 1. The van der Waals surface area contributed by atoms with Crippen LogP contribution in [0.5, 0.6) is 0 Å². The summed E-state index contributed by atoms with van der Waals surface area (Å²) in [5, 5.41) is 14.0. The largest absolute Gasteiger partial charge is 0.756 e. The third-order valence-corrected chi connectivity index (χ3v) is 19.1. The molecule has 8 nitrogen and oxygen atoms in total. The summed E-state index contributed by atoms with van der Waals surface area (Å²) in [5.74, 6) is -0.200. The normalized spacial score (nSPS) is 13.9. The number of nitrogens with one attached hydrogen (secondary N) is 1. The van der Waals surface area contributed by atoms with Crippen molar-refractivity contribution >= 4 is 13.7 Å². The predicted octanol–water partition coefficient (Wildman–Crippen LogP) is 25.4. The van der Waals surface area contributed by atoms with E-state index in [0.717, 1.165) is 64.2 Å². The van der Waals surface area contributed by atoms with E-state index in [1.807, 2.05) is 27.2 Å². The number of quaternary nitrogens is 1. The fraction of sp³-hybridized carbons (Fsp3) is 0.841. The first-order chi connectivity index (χ1) is 44.5. The number of allylic oxidation sites excluding steroid dienone is 11. The molecular weight excluding hydrogens is 1140 g/mol. The molecule has 91 heavy (non-hydrogen) atoms. The fourth-order valence-electron chi connectivity index (χ4n) is 12.1. The zero-order valence-corrected chi connectivity index (χ0v) is 62.2. The van der Waals surface area contributed by atoms with Crippen LogP contribution in [0.1, 0.15) is 393 Å². The summed E-state index contributed by atoms with van der Waals surface area (Å²) in [6.45, 7) is 4.57. The van der Waals surface area contributed by atoms with Crippen LogP contribution in [0.25, 0.3) is 0 Å². The minimum atomic E-state index is -4.62. The molecule has 0 aliphatic heterocycles. The molecule has 0 rings (SSSR count). The van der Waals surface area contributed by atoms with Crippen molar-refractivity contribution in [1.29, 1.82) is 0 Å². The zero-order chi connectivity index (χ0) is 66.2. The number of aliphatic hydroxyl groups is 1. The van der Waals surface area contributed by atoms with E-state index in [1.165, 1.54) is 308 Å². The highest BCUT2D eigenvalue weighted by atomic mass is 31.2. The number of amides is 1. The van der Waals surface area contributed by atoms with Crippen molar-refractivity contribution in [2.75, 3.05) is 40.9 Å². The zero-order valence-electron chi connectivity index (χ0n) is 61.3. The third-order valence-electron chi connectivity index (χ3n) is 18.2. The Balaban J connectivity index is 3.96. The van der Waals surface area contributed by atoms with E-state index >= 15 is 0 Å². The van der Waals surface area contributed by atoms with Crippen LogP contribution in [0.4, 0.5) is 0 Å². The summed E-state index contributed by atoms with van der Waals surface area (Å²) in [6, 6.07) is -0.906. The molecule has 0 aromatic carbocycles. The van der Waals surface area contributed by atoms with Gasteiger partial charge in [-0.15, -0.1) is 0 Å². The summed E-state index contributed by atoms with van der Waals surface area (Å²) in [5.41, 5.74) is 0. The van der Waals surface area contributed by atoms with Crippen molar-refractivity contribution in [1.82, 2.24) is 5.32 Å². The maximum Gasteiger partial charge on any atom is 0.268 e. The molecule has 0 aromatic heterocycles. The molecule has 0 bridgehead atoms. The van der Waals surface area contributed by atoms with Crippen LogP contribution in [0, 0.1) is 0 Å². The maximum atomic E-state index is 13.1. The maximum absolute atomic E-state index is 13.1. The minimum Gasteiger partial charge on any atom is -0.756 e. The number of carbonyl (C=O) groups is 1. The third kappa shape index (κ3) is 75.2. The number of aliphatic hydroxyl groups excluding tert-OH is 1. The number of carbonyl (C=O) groups excluding carboxylic acids is 1. The Morgan fingerprint density at radius 1 is 0.396 bits per heavy atom. The number of phosphoric ester groups is 1. The van der Waals surface area contributed by atoms with Gasteiger partial charge in [-0.3, -0.25) is 9.36 Å². The van der Waals surface area contributed by atoms with Crippen LogP contribution in [-0.2, 0) is 18.4 Å². The van der Waals surface area contributed by atoms with Gasteiger partial charge in [0.2, 0.25) is 5.91 Å². The van der Waals surface area contributed by atoms with Crippen LogP contribution in [0.15, 0.2) is 72.9 Å². The monoisotopic (exact) mass is 1300 g/mol. The number of likely N-dealkylation sites (N-methyl/N-ethyl adjacent to an activating group) is 1. The molecule has 0 aliphatic carbocycles. The molecule has 0 aliphatic rings. The number of rotatable bonds is 74. The smallest absolute Gasteiger partial charge is 0.268 e. The molecular formula is C82H155N2O6P. The average molecular weight is 1300 g/mol. The fourth-order valence-corrected chi connectivity index (χ4v) is 12.8. The van der Waals surface area contributed by atoms with E-state index in [1.54, 1.807) is 6.08 Å². The lowest BCUT2D eigenvalue weighted by atomic mass is 10.0. The quantitative estimate of drug-likeness (QED) is 0.0272. The second-order valence-electron chi connectivity index (χ2n) is 28.4. The summed E-state index contributed by atoms with van der Waals surface area (Å²) in [4.78, 5) is 25.7. The Morgan fingerprint density at radius 2 is 0.681 bits per heavy atom. The Morgan fingerprint density at radius 3 is 1.02 bits per heavy atom. The molecule has 3 unspecified atom stereocenters. The second kappa shape index (κ2) is 72.2. The van der Waals surface area contributed by atoms with Crippen molar-refractivity contribution in [2.45, 2.75) is 405 Å². The van der Waals surface area contributed by atoms with E-state index in [-0.39, 0.29) is 12.5 Å². The lowest BCUT2D eigenvalue weighted by molar-refractivity contribution is -0.870. The van der Waals surface area contributed by atoms with Gasteiger partial charge in [0.1, 0.15) is 13.2 Å². The first-order valence-electron chi connectivity index (χ1n) is 39.8. The van der Waals surface area contributed by atoms with E-state index < -0.39 is 26.6 Å². The number of hydrogen-bond donors (Lipinski definition) is 2. The summed E-state index contributed by atoms with van der Waals surface area (Å²) in [6.07, 6.45) is 102. The number of nitrogens with zero attached hydrogens (tertiary/aromatic N) is 1. The number of hydrogen-bond acceptors (Lipinski definition) is 6. The first-order valence-corrected chi connectivity index (χ1v) is 41.3.